The molecule has 34 heavy (non-hydrogen) atoms. The Morgan fingerprint density at radius 3 is 2.38 bits per heavy atom. The van der Waals surface area contributed by atoms with Crippen LogP contribution >= 0.6 is 11.6 Å². The fourth-order valence-corrected chi connectivity index (χ4v) is 3.89. The Bertz CT molecular complexity index is 1530. The first-order chi connectivity index (χ1) is 16.3. The second-order valence-corrected chi connectivity index (χ2v) is 7.87. The molecule has 0 saturated heterocycles. The highest BCUT2D eigenvalue weighted by atomic mass is 35.5. The number of hydrogen-bond donors (Lipinski definition) is 2. The third-order valence-electron chi connectivity index (χ3n) is 5.29. The number of nitrogens with two attached hydrogens (primary N) is 2. The zero-order valence-corrected chi connectivity index (χ0v) is 18.1. The van der Waals surface area contributed by atoms with Gasteiger partial charge in [0, 0.05) is 40.4 Å². The number of fused-ring (bicyclic) bond motifs is 1. The molecule has 0 aliphatic rings. The number of nitrogens with zero attached hydrogens (tertiary/aromatic N) is 5. The zero-order valence-electron chi connectivity index (χ0n) is 17.3. The van der Waals surface area contributed by atoms with Crippen molar-refractivity contribution in [1.82, 2.24) is 24.7 Å². The standard InChI is InChI=1S/C23H15ClF3N7/c24-12-3-6-18-14(8-12)17(9-13-15(25)4-5-16(26)20(13)27)33-34(18)23-31-21(28)19(22(29)32-23)11-2-1-7-30-10-11/h1-8,10H,9H2,(H4,28,29,31,32). The van der Waals surface area contributed by atoms with E-state index in [9.17, 15) is 13.2 Å². The molecule has 2 aromatic carbocycles. The normalized spacial score (nSPS) is 11.3. The molecule has 0 aliphatic heterocycles. The molecule has 0 fully saturated rings. The summed E-state index contributed by atoms with van der Waals surface area (Å²) in [5.74, 6) is -3.10. The lowest BCUT2D eigenvalue weighted by Gasteiger charge is -2.10. The van der Waals surface area contributed by atoms with Crippen LogP contribution in [0.15, 0.2) is 54.9 Å². The molecule has 4 N–H and O–H groups in total. The Morgan fingerprint density at radius 1 is 0.941 bits per heavy atom. The molecule has 0 spiro atoms. The van der Waals surface area contributed by atoms with E-state index in [1.807, 2.05) is 0 Å². The van der Waals surface area contributed by atoms with E-state index in [2.05, 4.69) is 20.1 Å². The number of halogens is 4. The summed E-state index contributed by atoms with van der Waals surface area (Å²) >= 11 is 6.15. The SMILES string of the molecule is Nc1nc(-n2nc(Cc3c(F)ccc(F)c3F)c3cc(Cl)ccc32)nc(N)c1-c1cccnc1. The first kappa shape index (κ1) is 21.7. The van der Waals surface area contributed by atoms with Gasteiger partial charge in [0.15, 0.2) is 11.6 Å². The summed E-state index contributed by atoms with van der Waals surface area (Å²) < 4.78 is 43.7. The van der Waals surface area contributed by atoms with Gasteiger partial charge in [-0.3, -0.25) is 4.98 Å². The quantitative estimate of drug-likeness (QED) is 0.360. The Hall–Kier alpha value is -4.18. The summed E-state index contributed by atoms with van der Waals surface area (Å²) in [5.41, 5.74) is 13.7. The van der Waals surface area contributed by atoms with Crippen LogP contribution in [0.2, 0.25) is 5.02 Å². The average Bonchev–Trinajstić information content (AvgIpc) is 3.17. The Labute approximate surface area is 195 Å². The first-order valence-corrected chi connectivity index (χ1v) is 10.3. The van der Waals surface area contributed by atoms with Crippen molar-refractivity contribution >= 4 is 34.1 Å². The molecule has 0 aliphatic carbocycles. The maximum atomic E-state index is 14.3. The van der Waals surface area contributed by atoms with Gasteiger partial charge in [-0.15, -0.1) is 0 Å². The second-order valence-electron chi connectivity index (χ2n) is 7.43. The summed E-state index contributed by atoms with van der Waals surface area (Å²) in [7, 11) is 0. The third-order valence-corrected chi connectivity index (χ3v) is 5.53. The van der Waals surface area contributed by atoms with Crippen molar-refractivity contribution in [2.24, 2.45) is 0 Å². The summed E-state index contributed by atoms with van der Waals surface area (Å²) in [6, 6.07) is 9.94. The van der Waals surface area contributed by atoms with E-state index in [0.29, 0.717) is 27.1 Å². The number of aromatic nitrogens is 5. The second kappa shape index (κ2) is 8.31. The van der Waals surface area contributed by atoms with E-state index in [-0.39, 0.29) is 29.7 Å². The van der Waals surface area contributed by atoms with Crippen LogP contribution in [-0.2, 0) is 6.42 Å². The molecule has 3 aromatic heterocycles. The Kier molecular flexibility index (Phi) is 5.29. The molecule has 0 unspecified atom stereocenters. The van der Waals surface area contributed by atoms with Crippen molar-refractivity contribution in [2.45, 2.75) is 6.42 Å². The van der Waals surface area contributed by atoms with Gasteiger partial charge in [-0.2, -0.15) is 19.7 Å². The molecule has 5 rings (SSSR count). The first-order valence-electron chi connectivity index (χ1n) is 9.96. The van der Waals surface area contributed by atoms with Crippen molar-refractivity contribution in [3.05, 3.63) is 88.6 Å². The van der Waals surface area contributed by atoms with Crippen molar-refractivity contribution in [2.75, 3.05) is 11.5 Å². The lowest BCUT2D eigenvalue weighted by Crippen LogP contribution is -2.10. The molecule has 0 bridgehead atoms. The highest BCUT2D eigenvalue weighted by molar-refractivity contribution is 6.31. The minimum Gasteiger partial charge on any atom is -0.383 e. The Balaban J connectivity index is 1.67. The molecular formula is C23H15ClF3N7. The van der Waals surface area contributed by atoms with E-state index >= 15 is 0 Å². The molecule has 0 amide bonds. The number of nitrogen functional groups attached to an aromatic ring is 2. The minimum atomic E-state index is -1.28. The maximum absolute atomic E-state index is 14.3. The monoisotopic (exact) mass is 481 g/mol. The van der Waals surface area contributed by atoms with Crippen molar-refractivity contribution in [3.8, 4) is 17.1 Å². The molecule has 170 valence electrons. The van der Waals surface area contributed by atoms with Gasteiger partial charge >= 0.3 is 0 Å². The molecule has 11 heteroatoms. The molecule has 3 heterocycles. The summed E-state index contributed by atoms with van der Waals surface area (Å²) in [4.78, 5) is 12.7. The highest BCUT2D eigenvalue weighted by Crippen LogP contribution is 2.32. The number of benzene rings is 2. The summed E-state index contributed by atoms with van der Waals surface area (Å²) in [5, 5.41) is 5.30. The smallest absolute Gasteiger partial charge is 0.255 e. The maximum Gasteiger partial charge on any atom is 0.255 e. The highest BCUT2D eigenvalue weighted by Gasteiger charge is 2.21. The van der Waals surface area contributed by atoms with Crippen molar-refractivity contribution in [1.29, 1.82) is 0 Å². The van der Waals surface area contributed by atoms with Gasteiger partial charge in [-0.1, -0.05) is 17.7 Å². The van der Waals surface area contributed by atoms with E-state index in [1.54, 1.807) is 42.7 Å². The summed E-state index contributed by atoms with van der Waals surface area (Å²) in [6.45, 7) is 0. The van der Waals surface area contributed by atoms with Crippen LogP contribution in [0.25, 0.3) is 28.0 Å². The molecule has 0 radical (unpaired) electrons. The van der Waals surface area contributed by atoms with Crippen LogP contribution in [0, 0.1) is 17.5 Å². The van der Waals surface area contributed by atoms with Gasteiger partial charge in [-0.25, -0.2) is 13.2 Å². The largest absolute Gasteiger partial charge is 0.383 e. The van der Waals surface area contributed by atoms with Crippen LogP contribution in [0.5, 0.6) is 0 Å². The molecule has 5 aromatic rings. The minimum absolute atomic E-state index is 0.0430. The molecule has 7 nitrogen and oxygen atoms in total. The number of anilines is 2. The lowest BCUT2D eigenvalue weighted by atomic mass is 10.1. The van der Waals surface area contributed by atoms with Crippen LogP contribution < -0.4 is 11.5 Å². The fraction of sp³-hybridized carbons (Fsp3) is 0.0435. The molecule has 0 atom stereocenters. The van der Waals surface area contributed by atoms with Crippen LogP contribution in [0.3, 0.4) is 0 Å². The van der Waals surface area contributed by atoms with E-state index in [0.717, 1.165) is 12.1 Å². The third kappa shape index (κ3) is 3.67. The molecule has 0 saturated carbocycles. The van der Waals surface area contributed by atoms with Gasteiger partial charge < -0.3 is 11.5 Å². The van der Waals surface area contributed by atoms with Gasteiger partial charge in [0.25, 0.3) is 5.95 Å². The average molecular weight is 482 g/mol. The van der Waals surface area contributed by atoms with E-state index < -0.39 is 23.0 Å². The number of rotatable bonds is 4. The predicted molar refractivity (Wildman–Crippen MR) is 123 cm³/mol. The topological polar surface area (TPSA) is 109 Å². The summed E-state index contributed by atoms with van der Waals surface area (Å²) in [6.07, 6.45) is 2.85. The lowest BCUT2D eigenvalue weighted by molar-refractivity contribution is 0.482. The fourth-order valence-electron chi connectivity index (χ4n) is 3.72. The number of hydrogen-bond acceptors (Lipinski definition) is 6. The van der Waals surface area contributed by atoms with Crippen LogP contribution in [0.4, 0.5) is 24.8 Å². The zero-order chi connectivity index (χ0) is 24.0. The van der Waals surface area contributed by atoms with Crippen LogP contribution in [-0.4, -0.2) is 24.7 Å². The predicted octanol–water partition coefficient (Wildman–Crippen LogP) is 4.70. The number of pyridine rings is 1. The van der Waals surface area contributed by atoms with Gasteiger partial charge in [-0.05, 0) is 36.4 Å². The molecular weight excluding hydrogens is 467 g/mol. The van der Waals surface area contributed by atoms with Crippen molar-refractivity contribution in [3.63, 3.8) is 0 Å². The van der Waals surface area contributed by atoms with Gasteiger partial charge in [0.05, 0.1) is 16.8 Å². The van der Waals surface area contributed by atoms with E-state index in [4.69, 9.17) is 23.1 Å². The van der Waals surface area contributed by atoms with E-state index in [1.165, 1.54) is 4.68 Å². The Morgan fingerprint density at radius 2 is 1.68 bits per heavy atom. The van der Waals surface area contributed by atoms with Gasteiger partial charge in [0.2, 0.25) is 0 Å². The van der Waals surface area contributed by atoms with Gasteiger partial charge in [0.1, 0.15) is 17.5 Å². The van der Waals surface area contributed by atoms with Crippen LogP contribution in [0.1, 0.15) is 11.3 Å². The van der Waals surface area contributed by atoms with Crippen molar-refractivity contribution < 1.29 is 13.2 Å².